The summed E-state index contributed by atoms with van der Waals surface area (Å²) in [5.41, 5.74) is 2.03. The third kappa shape index (κ3) is 4.34. The fourth-order valence-corrected chi connectivity index (χ4v) is 1.29. The van der Waals surface area contributed by atoms with Gasteiger partial charge in [0.2, 0.25) is 0 Å². The molecule has 1 N–H and O–H groups in total. The van der Waals surface area contributed by atoms with Crippen LogP contribution in [0.3, 0.4) is 0 Å². The smallest absolute Gasteiger partial charge is 0.411 e. The molecule has 0 fully saturated rings. The Morgan fingerprint density at radius 1 is 1.25 bits per heavy atom. The number of anilines is 1. The third-order valence-electron chi connectivity index (χ3n) is 2.34. The highest BCUT2D eigenvalue weighted by Crippen LogP contribution is 2.10. The molecule has 1 amide bonds. The number of hydrogen-bond donors (Lipinski definition) is 1. The molecule has 0 saturated carbocycles. The maximum absolute atomic E-state index is 11.3. The van der Waals surface area contributed by atoms with Crippen LogP contribution in [-0.2, 0) is 11.2 Å². The molecule has 0 aliphatic heterocycles. The fourth-order valence-electron chi connectivity index (χ4n) is 1.29. The van der Waals surface area contributed by atoms with Crippen LogP contribution in [0.5, 0.6) is 0 Å². The van der Waals surface area contributed by atoms with E-state index in [0.29, 0.717) is 6.61 Å². The average molecular weight is 221 g/mol. The van der Waals surface area contributed by atoms with Crippen LogP contribution in [0.15, 0.2) is 24.3 Å². The number of aryl methyl sites for hydroxylation is 1. The van der Waals surface area contributed by atoms with Gasteiger partial charge in [0.25, 0.3) is 0 Å². The quantitative estimate of drug-likeness (QED) is 0.771. The summed E-state index contributed by atoms with van der Waals surface area (Å²) in [6.07, 6.45) is 2.56. The normalized spacial score (nSPS) is 9.88. The first kappa shape index (κ1) is 12.6. The SMILES string of the molecule is CCCCOC(=O)Nc1ccc(CC)cc1. The summed E-state index contributed by atoms with van der Waals surface area (Å²) < 4.78 is 4.99. The van der Waals surface area contributed by atoms with Crippen LogP contribution in [0.1, 0.15) is 32.3 Å². The van der Waals surface area contributed by atoms with Crippen molar-refractivity contribution in [1.29, 1.82) is 0 Å². The van der Waals surface area contributed by atoms with Gasteiger partial charge in [0.05, 0.1) is 6.61 Å². The molecule has 1 aromatic carbocycles. The second kappa shape index (κ2) is 6.88. The van der Waals surface area contributed by atoms with E-state index in [-0.39, 0.29) is 6.09 Å². The molecule has 0 aliphatic rings. The molecule has 3 heteroatoms. The van der Waals surface area contributed by atoms with Crippen molar-refractivity contribution in [2.45, 2.75) is 33.1 Å². The minimum atomic E-state index is -0.377. The minimum absolute atomic E-state index is 0.377. The van der Waals surface area contributed by atoms with E-state index in [9.17, 15) is 4.79 Å². The highest BCUT2D eigenvalue weighted by atomic mass is 16.5. The van der Waals surface area contributed by atoms with Crippen molar-refractivity contribution >= 4 is 11.8 Å². The van der Waals surface area contributed by atoms with E-state index in [1.807, 2.05) is 24.3 Å². The van der Waals surface area contributed by atoms with Crippen LogP contribution < -0.4 is 5.32 Å². The van der Waals surface area contributed by atoms with Crippen molar-refractivity contribution in [3.05, 3.63) is 29.8 Å². The first-order valence-corrected chi connectivity index (χ1v) is 5.79. The van der Waals surface area contributed by atoms with Gasteiger partial charge in [-0.2, -0.15) is 0 Å². The number of rotatable bonds is 5. The van der Waals surface area contributed by atoms with Gasteiger partial charge in [0.1, 0.15) is 0 Å². The average Bonchev–Trinajstić information content (AvgIpc) is 2.30. The van der Waals surface area contributed by atoms with Crippen LogP contribution in [0, 0.1) is 0 Å². The Hall–Kier alpha value is -1.51. The number of hydrogen-bond acceptors (Lipinski definition) is 2. The summed E-state index contributed by atoms with van der Waals surface area (Å²) in [6, 6.07) is 7.78. The molecule has 88 valence electrons. The molecule has 3 nitrogen and oxygen atoms in total. The van der Waals surface area contributed by atoms with Gasteiger partial charge < -0.3 is 4.74 Å². The molecule has 0 bridgehead atoms. The second-order valence-electron chi connectivity index (χ2n) is 3.66. The van der Waals surface area contributed by atoms with Gasteiger partial charge in [-0.25, -0.2) is 4.79 Å². The summed E-state index contributed by atoms with van der Waals surface area (Å²) in [7, 11) is 0. The molecule has 0 spiro atoms. The van der Waals surface area contributed by atoms with Gasteiger partial charge in [-0.05, 0) is 30.5 Å². The Morgan fingerprint density at radius 3 is 2.50 bits per heavy atom. The summed E-state index contributed by atoms with van der Waals surface area (Å²) in [5, 5.41) is 2.69. The van der Waals surface area contributed by atoms with Crippen LogP contribution in [0.4, 0.5) is 10.5 Å². The van der Waals surface area contributed by atoms with Crippen LogP contribution in [0.25, 0.3) is 0 Å². The van der Waals surface area contributed by atoms with Crippen LogP contribution in [-0.4, -0.2) is 12.7 Å². The van der Waals surface area contributed by atoms with E-state index in [1.165, 1.54) is 5.56 Å². The molecule has 0 radical (unpaired) electrons. The highest BCUT2D eigenvalue weighted by Gasteiger charge is 2.01. The molecule has 0 heterocycles. The van der Waals surface area contributed by atoms with Crippen molar-refractivity contribution in [3.63, 3.8) is 0 Å². The molecule has 0 aromatic heterocycles. The van der Waals surface area contributed by atoms with E-state index in [4.69, 9.17) is 4.74 Å². The van der Waals surface area contributed by atoms with Gasteiger partial charge in [-0.15, -0.1) is 0 Å². The molecule has 0 aliphatic carbocycles. The Kier molecular flexibility index (Phi) is 5.40. The summed E-state index contributed by atoms with van der Waals surface area (Å²) in [4.78, 5) is 11.3. The molecular weight excluding hydrogens is 202 g/mol. The zero-order valence-corrected chi connectivity index (χ0v) is 9.95. The Bertz CT molecular complexity index is 319. The molecule has 0 atom stereocenters. The van der Waals surface area contributed by atoms with Crippen molar-refractivity contribution in [3.8, 4) is 0 Å². The van der Waals surface area contributed by atoms with Gasteiger partial charge in [-0.3, -0.25) is 5.32 Å². The van der Waals surface area contributed by atoms with Gasteiger partial charge in [-0.1, -0.05) is 32.4 Å². The lowest BCUT2D eigenvalue weighted by Crippen LogP contribution is -2.14. The zero-order valence-electron chi connectivity index (χ0n) is 9.95. The van der Waals surface area contributed by atoms with Crippen molar-refractivity contribution in [2.24, 2.45) is 0 Å². The molecule has 0 unspecified atom stereocenters. The number of amides is 1. The number of carbonyl (C=O) groups excluding carboxylic acids is 1. The van der Waals surface area contributed by atoms with E-state index >= 15 is 0 Å². The predicted molar refractivity (Wildman–Crippen MR) is 65.7 cm³/mol. The maximum atomic E-state index is 11.3. The zero-order chi connectivity index (χ0) is 11.8. The molecule has 1 rings (SSSR count). The molecule has 16 heavy (non-hydrogen) atoms. The molecular formula is C13H19NO2. The number of carbonyl (C=O) groups is 1. The lowest BCUT2D eigenvalue weighted by molar-refractivity contribution is 0.160. The monoisotopic (exact) mass is 221 g/mol. The largest absolute Gasteiger partial charge is 0.449 e. The van der Waals surface area contributed by atoms with Crippen LogP contribution >= 0.6 is 0 Å². The Morgan fingerprint density at radius 2 is 1.94 bits per heavy atom. The predicted octanol–water partition coefficient (Wildman–Crippen LogP) is 3.60. The van der Waals surface area contributed by atoms with Crippen molar-refractivity contribution in [2.75, 3.05) is 11.9 Å². The number of ether oxygens (including phenoxy) is 1. The molecule has 0 saturated heterocycles. The van der Waals surface area contributed by atoms with E-state index in [1.54, 1.807) is 0 Å². The lowest BCUT2D eigenvalue weighted by Gasteiger charge is -2.06. The van der Waals surface area contributed by atoms with E-state index < -0.39 is 0 Å². The number of unbranched alkanes of at least 4 members (excludes halogenated alkanes) is 1. The Labute approximate surface area is 96.8 Å². The third-order valence-corrected chi connectivity index (χ3v) is 2.34. The fraction of sp³-hybridized carbons (Fsp3) is 0.462. The van der Waals surface area contributed by atoms with E-state index in [0.717, 1.165) is 24.9 Å². The Balaban J connectivity index is 2.37. The minimum Gasteiger partial charge on any atom is -0.449 e. The highest BCUT2D eigenvalue weighted by molar-refractivity contribution is 5.84. The molecule has 1 aromatic rings. The van der Waals surface area contributed by atoms with Gasteiger partial charge in [0.15, 0.2) is 0 Å². The summed E-state index contributed by atoms with van der Waals surface area (Å²) in [6.45, 7) is 4.64. The van der Waals surface area contributed by atoms with E-state index in [2.05, 4.69) is 19.2 Å². The van der Waals surface area contributed by atoms with Gasteiger partial charge >= 0.3 is 6.09 Å². The number of nitrogens with one attached hydrogen (secondary N) is 1. The number of benzene rings is 1. The first-order valence-electron chi connectivity index (χ1n) is 5.79. The topological polar surface area (TPSA) is 38.3 Å². The standard InChI is InChI=1S/C13H19NO2/c1-3-5-10-16-13(15)14-12-8-6-11(4-2)7-9-12/h6-9H,3-5,10H2,1-2H3,(H,14,15). The first-order chi connectivity index (χ1) is 7.76. The summed E-state index contributed by atoms with van der Waals surface area (Å²) in [5.74, 6) is 0. The van der Waals surface area contributed by atoms with Crippen LogP contribution in [0.2, 0.25) is 0 Å². The second-order valence-corrected chi connectivity index (χ2v) is 3.66. The summed E-state index contributed by atoms with van der Waals surface area (Å²) >= 11 is 0. The maximum Gasteiger partial charge on any atom is 0.411 e. The van der Waals surface area contributed by atoms with Gasteiger partial charge in [0, 0.05) is 5.69 Å². The van der Waals surface area contributed by atoms with Crippen molar-refractivity contribution < 1.29 is 9.53 Å². The van der Waals surface area contributed by atoms with Crippen molar-refractivity contribution in [1.82, 2.24) is 0 Å². The lowest BCUT2D eigenvalue weighted by atomic mass is 10.1.